The van der Waals surface area contributed by atoms with Crippen molar-refractivity contribution in [3.63, 3.8) is 0 Å². The molecule has 1 unspecified atom stereocenters. The van der Waals surface area contributed by atoms with Gasteiger partial charge in [0.15, 0.2) is 0 Å². The van der Waals surface area contributed by atoms with Gasteiger partial charge in [0.1, 0.15) is 0 Å². The molecule has 0 aliphatic carbocycles. The molecule has 3 N–H and O–H groups in total. The fourth-order valence-electron chi connectivity index (χ4n) is 1.22. The lowest BCUT2D eigenvalue weighted by Crippen LogP contribution is -2.32. The molecule has 11 heavy (non-hydrogen) atoms. The highest BCUT2D eigenvalue weighted by atomic mass is 32.2. The minimum Gasteiger partial charge on any atom is -0.412 e. The van der Waals surface area contributed by atoms with Crippen LogP contribution in [0.3, 0.4) is 0 Å². The predicted molar refractivity (Wildman–Crippen MR) is 53.3 cm³/mol. The highest BCUT2D eigenvalue weighted by Crippen LogP contribution is 2.05. The number of nitrogens with zero attached hydrogens (tertiary/aromatic N) is 1. The third-order valence-corrected chi connectivity index (χ3v) is 2.35. The molecule has 1 rings (SSSR count). The van der Waals surface area contributed by atoms with Gasteiger partial charge in [-0.25, -0.2) is 0 Å². The Hall–Kier alpha value is 0.0700. The zero-order chi connectivity index (χ0) is 7.40. The van der Waals surface area contributed by atoms with Gasteiger partial charge in [-0.2, -0.15) is 0 Å². The van der Waals surface area contributed by atoms with Crippen molar-refractivity contribution in [1.82, 2.24) is 5.32 Å². The summed E-state index contributed by atoms with van der Waals surface area (Å²) in [5.74, 6) is 0. The van der Waals surface area contributed by atoms with Crippen LogP contribution in [0.4, 0.5) is 0 Å². The summed E-state index contributed by atoms with van der Waals surface area (Å²) in [5.41, 5.74) is 0. The van der Waals surface area contributed by atoms with E-state index in [1.807, 2.05) is 0 Å². The summed E-state index contributed by atoms with van der Waals surface area (Å²) in [6.07, 6.45) is 6.94. The van der Waals surface area contributed by atoms with E-state index in [2.05, 4.69) is 22.2 Å². The van der Waals surface area contributed by atoms with Crippen LogP contribution in [0.5, 0.6) is 0 Å². The fourth-order valence-corrected chi connectivity index (χ4v) is 2.00. The molecule has 0 aromatic heterocycles. The van der Waals surface area contributed by atoms with Crippen LogP contribution in [0, 0.1) is 0 Å². The molecule has 1 atom stereocenters. The SMILES string of the molecule is CS(C)=NC1CCCNC1.O.[HH]. The number of piperidine rings is 1. The van der Waals surface area contributed by atoms with Gasteiger partial charge in [0.05, 0.1) is 6.04 Å². The number of hydrogen-bond donors (Lipinski definition) is 1. The fraction of sp³-hybridized carbons (Fsp3) is 1.00. The molecular weight excluding hydrogens is 160 g/mol. The Labute approximate surface area is 72.5 Å². The summed E-state index contributed by atoms with van der Waals surface area (Å²) in [6, 6.07) is 0.604. The molecule has 3 nitrogen and oxygen atoms in total. The van der Waals surface area contributed by atoms with Crippen LogP contribution >= 0.6 is 0 Å². The maximum absolute atomic E-state index is 4.60. The molecule has 0 spiro atoms. The Balaban J connectivity index is 0. The molecule has 1 saturated heterocycles. The smallest absolute Gasteiger partial charge is 0.0692 e. The molecule has 0 bridgehead atoms. The Morgan fingerprint density at radius 1 is 1.55 bits per heavy atom. The highest BCUT2D eigenvalue weighted by molar-refractivity contribution is 7.85. The van der Waals surface area contributed by atoms with E-state index in [-0.39, 0.29) is 17.6 Å². The van der Waals surface area contributed by atoms with Crippen LogP contribution in [0.2, 0.25) is 0 Å². The zero-order valence-corrected chi connectivity index (χ0v) is 8.08. The average Bonchev–Trinajstić information content (AvgIpc) is 1.88. The van der Waals surface area contributed by atoms with E-state index in [4.69, 9.17) is 0 Å². The third kappa shape index (κ3) is 4.50. The summed E-state index contributed by atoms with van der Waals surface area (Å²) in [7, 11) is 0.272. The number of rotatable bonds is 1. The summed E-state index contributed by atoms with van der Waals surface area (Å²) in [5, 5.41) is 3.35. The van der Waals surface area contributed by atoms with Gasteiger partial charge < -0.3 is 10.8 Å². The molecule has 4 heteroatoms. The molecule has 0 radical (unpaired) electrons. The first-order valence-corrected chi connectivity index (χ1v) is 5.78. The van der Waals surface area contributed by atoms with Crippen molar-refractivity contribution in [1.29, 1.82) is 0 Å². The van der Waals surface area contributed by atoms with E-state index >= 15 is 0 Å². The van der Waals surface area contributed by atoms with Gasteiger partial charge in [0.25, 0.3) is 0 Å². The van der Waals surface area contributed by atoms with Gasteiger partial charge in [-0.1, -0.05) is 0 Å². The van der Waals surface area contributed by atoms with Crippen molar-refractivity contribution in [3.05, 3.63) is 0 Å². The lowest BCUT2D eigenvalue weighted by Gasteiger charge is -2.19. The lowest BCUT2D eigenvalue weighted by atomic mass is 10.1. The van der Waals surface area contributed by atoms with Crippen molar-refractivity contribution < 1.29 is 6.90 Å². The largest absolute Gasteiger partial charge is 0.412 e. The normalized spacial score (nSPS) is 24.5. The van der Waals surface area contributed by atoms with Gasteiger partial charge in [-0.05, 0) is 31.9 Å². The van der Waals surface area contributed by atoms with E-state index < -0.39 is 0 Å². The van der Waals surface area contributed by atoms with Crippen molar-refractivity contribution in [2.45, 2.75) is 18.9 Å². The first-order chi connectivity index (χ1) is 4.79. The Kier molecular flexibility index (Phi) is 5.72. The van der Waals surface area contributed by atoms with E-state index in [1.54, 1.807) is 0 Å². The number of hydrogen-bond acceptors (Lipinski definition) is 2. The van der Waals surface area contributed by atoms with E-state index in [0.717, 1.165) is 6.54 Å². The Morgan fingerprint density at radius 3 is 2.73 bits per heavy atom. The molecule has 0 saturated carbocycles. The molecule has 0 amide bonds. The van der Waals surface area contributed by atoms with Crippen molar-refractivity contribution in [2.75, 3.05) is 25.6 Å². The molecule has 0 aromatic carbocycles. The molecule has 1 heterocycles. The number of nitrogens with one attached hydrogen (secondary N) is 1. The zero-order valence-electron chi connectivity index (χ0n) is 7.26. The molecular formula is C7H20N2OS. The monoisotopic (exact) mass is 180 g/mol. The third-order valence-electron chi connectivity index (χ3n) is 1.63. The van der Waals surface area contributed by atoms with Crippen LogP contribution in [-0.2, 0) is 10.7 Å². The quantitative estimate of drug-likeness (QED) is 0.616. The minimum atomic E-state index is 0. The van der Waals surface area contributed by atoms with Crippen molar-refractivity contribution in [2.24, 2.45) is 4.36 Å². The van der Waals surface area contributed by atoms with Crippen LogP contribution in [-0.4, -0.2) is 37.1 Å². The first kappa shape index (κ1) is 11.1. The second-order valence-corrected chi connectivity index (χ2v) is 4.64. The topological polar surface area (TPSA) is 55.9 Å². The van der Waals surface area contributed by atoms with Gasteiger partial charge in [-0.3, -0.25) is 4.36 Å². The lowest BCUT2D eigenvalue weighted by molar-refractivity contribution is 0.464. The van der Waals surface area contributed by atoms with Gasteiger partial charge in [-0.15, -0.1) is 10.7 Å². The molecule has 70 valence electrons. The minimum absolute atomic E-state index is 0. The van der Waals surface area contributed by atoms with Crippen molar-refractivity contribution in [3.8, 4) is 0 Å². The molecule has 0 aromatic rings. The van der Waals surface area contributed by atoms with Crippen LogP contribution in [0.25, 0.3) is 0 Å². The predicted octanol–water partition coefficient (Wildman–Crippen LogP) is 0.221. The standard InChI is InChI=1S/C7H16N2S.H2O.H2/c1-10(2)9-7-4-3-5-8-6-7;;/h7-8H,3-6H2,1-2H3;1H2;1H. The van der Waals surface area contributed by atoms with Crippen LogP contribution < -0.4 is 5.32 Å². The van der Waals surface area contributed by atoms with E-state index in [1.165, 1.54) is 19.4 Å². The molecule has 1 aliphatic rings. The van der Waals surface area contributed by atoms with Crippen LogP contribution in [0.15, 0.2) is 4.36 Å². The summed E-state index contributed by atoms with van der Waals surface area (Å²) >= 11 is 0. The maximum atomic E-state index is 4.60. The maximum Gasteiger partial charge on any atom is 0.0692 e. The molecule has 1 aliphatic heterocycles. The summed E-state index contributed by atoms with van der Waals surface area (Å²) in [4.78, 5) is 0. The van der Waals surface area contributed by atoms with Crippen LogP contribution in [0.1, 0.15) is 14.3 Å². The van der Waals surface area contributed by atoms with Gasteiger partial charge in [0, 0.05) is 7.97 Å². The average molecular weight is 180 g/mol. The Morgan fingerprint density at radius 2 is 2.27 bits per heavy atom. The molecule has 1 fully saturated rings. The summed E-state index contributed by atoms with van der Waals surface area (Å²) < 4.78 is 4.60. The highest BCUT2D eigenvalue weighted by Gasteiger charge is 2.09. The van der Waals surface area contributed by atoms with E-state index in [9.17, 15) is 0 Å². The Bertz CT molecular complexity index is 133. The van der Waals surface area contributed by atoms with Crippen molar-refractivity contribution >= 4 is 10.7 Å². The first-order valence-electron chi connectivity index (χ1n) is 3.78. The summed E-state index contributed by atoms with van der Waals surface area (Å²) in [6.45, 7) is 2.29. The van der Waals surface area contributed by atoms with E-state index in [0.29, 0.717) is 6.04 Å². The van der Waals surface area contributed by atoms with Gasteiger partial charge >= 0.3 is 0 Å². The van der Waals surface area contributed by atoms with Gasteiger partial charge in [0.2, 0.25) is 0 Å². The second kappa shape index (κ2) is 5.69. The second-order valence-electron chi connectivity index (χ2n) is 2.88.